The molecule has 2 atom stereocenters. The summed E-state index contributed by atoms with van der Waals surface area (Å²) in [7, 11) is 3.33. The first-order valence-electron chi connectivity index (χ1n) is 5.78. The summed E-state index contributed by atoms with van der Waals surface area (Å²) in [5.74, 6) is 0.268. The number of methoxy groups -OCH3 is 2. The van der Waals surface area contributed by atoms with Gasteiger partial charge in [0.1, 0.15) is 12.4 Å². The van der Waals surface area contributed by atoms with Crippen LogP contribution in [0.3, 0.4) is 0 Å². The van der Waals surface area contributed by atoms with Crippen molar-refractivity contribution in [1.29, 1.82) is 0 Å². The molecular formula is C14H20O3. The zero-order chi connectivity index (χ0) is 12.7. The van der Waals surface area contributed by atoms with E-state index in [0.717, 1.165) is 11.8 Å². The average Bonchev–Trinajstić information content (AvgIpc) is 2.36. The van der Waals surface area contributed by atoms with Crippen LogP contribution in [0.4, 0.5) is 0 Å². The molecule has 1 rings (SSSR count). The Morgan fingerprint density at radius 2 is 1.76 bits per heavy atom. The minimum Gasteiger partial charge on any atom is -0.382 e. The molecule has 0 saturated heterocycles. The largest absolute Gasteiger partial charge is 0.382 e. The number of benzene rings is 1. The van der Waals surface area contributed by atoms with E-state index in [1.807, 2.05) is 31.2 Å². The first-order chi connectivity index (χ1) is 8.22. The Hall–Kier alpha value is -1.19. The molecule has 0 aliphatic heterocycles. The topological polar surface area (TPSA) is 35.5 Å². The van der Waals surface area contributed by atoms with Gasteiger partial charge in [-0.3, -0.25) is 0 Å². The van der Waals surface area contributed by atoms with Crippen molar-refractivity contribution in [3.63, 3.8) is 0 Å². The standard InChI is InChI=1S/C14H20O3/c1-11(8-9-15)12-4-6-13(7-5-12)14(17-3)10-16-2/h4-7,9,11,14H,8,10H2,1-3H3. The molecule has 1 aromatic rings. The molecule has 17 heavy (non-hydrogen) atoms. The minimum atomic E-state index is -0.0320. The van der Waals surface area contributed by atoms with Gasteiger partial charge in [0.05, 0.1) is 6.61 Å². The second-order valence-electron chi connectivity index (χ2n) is 4.15. The third-order valence-electron chi connectivity index (χ3n) is 2.93. The van der Waals surface area contributed by atoms with Crippen LogP contribution in [0.25, 0.3) is 0 Å². The van der Waals surface area contributed by atoms with Crippen molar-refractivity contribution < 1.29 is 14.3 Å². The maximum Gasteiger partial charge on any atom is 0.120 e. The molecular weight excluding hydrogens is 216 g/mol. The molecule has 0 saturated carbocycles. The van der Waals surface area contributed by atoms with Gasteiger partial charge in [-0.05, 0) is 17.0 Å². The number of rotatable bonds is 7. The lowest BCUT2D eigenvalue weighted by atomic mass is 9.96. The predicted molar refractivity (Wildman–Crippen MR) is 67.2 cm³/mol. The molecule has 0 radical (unpaired) electrons. The Morgan fingerprint density at radius 3 is 2.24 bits per heavy atom. The maximum absolute atomic E-state index is 10.5. The summed E-state index contributed by atoms with van der Waals surface area (Å²) < 4.78 is 10.4. The van der Waals surface area contributed by atoms with E-state index in [4.69, 9.17) is 9.47 Å². The zero-order valence-electron chi connectivity index (χ0n) is 10.7. The fourth-order valence-corrected chi connectivity index (χ4v) is 1.77. The maximum atomic E-state index is 10.5. The molecule has 0 amide bonds. The highest BCUT2D eigenvalue weighted by molar-refractivity contribution is 5.51. The Morgan fingerprint density at radius 1 is 1.18 bits per heavy atom. The van der Waals surface area contributed by atoms with Crippen molar-refractivity contribution in [3.05, 3.63) is 35.4 Å². The molecule has 0 fully saturated rings. The molecule has 0 N–H and O–H groups in total. The van der Waals surface area contributed by atoms with E-state index < -0.39 is 0 Å². The second-order valence-corrected chi connectivity index (χ2v) is 4.15. The summed E-state index contributed by atoms with van der Waals surface area (Å²) in [6, 6.07) is 8.16. The molecule has 0 bridgehead atoms. The lowest BCUT2D eigenvalue weighted by molar-refractivity contribution is -0.108. The first kappa shape index (κ1) is 13.9. The van der Waals surface area contributed by atoms with Crippen LogP contribution >= 0.6 is 0 Å². The smallest absolute Gasteiger partial charge is 0.120 e. The van der Waals surface area contributed by atoms with E-state index in [1.54, 1.807) is 14.2 Å². The number of carbonyl (C=O) groups excluding carboxylic acids is 1. The quantitative estimate of drug-likeness (QED) is 0.683. The van der Waals surface area contributed by atoms with Crippen LogP contribution in [0.15, 0.2) is 24.3 Å². The summed E-state index contributed by atoms with van der Waals surface area (Å²) in [5.41, 5.74) is 2.27. The first-order valence-corrected chi connectivity index (χ1v) is 5.78. The van der Waals surface area contributed by atoms with Gasteiger partial charge in [0.25, 0.3) is 0 Å². The van der Waals surface area contributed by atoms with Crippen molar-refractivity contribution in [2.75, 3.05) is 20.8 Å². The number of hydrogen-bond acceptors (Lipinski definition) is 3. The van der Waals surface area contributed by atoms with Gasteiger partial charge in [-0.15, -0.1) is 0 Å². The van der Waals surface area contributed by atoms with Crippen LogP contribution in [-0.2, 0) is 14.3 Å². The van der Waals surface area contributed by atoms with Gasteiger partial charge >= 0.3 is 0 Å². The van der Waals surface area contributed by atoms with Gasteiger partial charge in [0.15, 0.2) is 0 Å². The fourth-order valence-electron chi connectivity index (χ4n) is 1.77. The van der Waals surface area contributed by atoms with Gasteiger partial charge < -0.3 is 14.3 Å². The van der Waals surface area contributed by atoms with Crippen molar-refractivity contribution in [2.24, 2.45) is 0 Å². The highest BCUT2D eigenvalue weighted by atomic mass is 16.5. The molecule has 0 aliphatic rings. The monoisotopic (exact) mass is 236 g/mol. The van der Waals surface area contributed by atoms with E-state index in [-0.39, 0.29) is 12.0 Å². The molecule has 1 aromatic carbocycles. The van der Waals surface area contributed by atoms with Crippen LogP contribution in [0.5, 0.6) is 0 Å². The lowest BCUT2D eigenvalue weighted by Gasteiger charge is -2.16. The molecule has 0 aromatic heterocycles. The SMILES string of the molecule is COCC(OC)c1ccc(C(C)CC=O)cc1. The third-order valence-corrected chi connectivity index (χ3v) is 2.93. The summed E-state index contributed by atoms with van der Waals surface area (Å²) >= 11 is 0. The lowest BCUT2D eigenvalue weighted by Crippen LogP contribution is -2.08. The summed E-state index contributed by atoms with van der Waals surface area (Å²) in [5, 5.41) is 0. The van der Waals surface area contributed by atoms with Crippen molar-refractivity contribution in [2.45, 2.75) is 25.4 Å². The van der Waals surface area contributed by atoms with Gasteiger partial charge in [0.2, 0.25) is 0 Å². The molecule has 94 valence electrons. The average molecular weight is 236 g/mol. The normalized spacial score (nSPS) is 14.3. The highest BCUT2D eigenvalue weighted by Gasteiger charge is 2.11. The Bertz CT molecular complexity index is 332. The van der Waals surface area contributed by atoms with Crippen LogP contribution in [0, 0.1) is 0 Å². The molecule has 3 heteroatoms. The fraction of sp³-hybridized carbons (Fsp3) is 0.500. The van der Waals surface area contributed by atoms with Crippen LogP contribution in [0.1, 0.15) is 36.5 Å². The van der Waals surface area contributed by atoms with Crippen molar-refractivity contribution in [1.82, 2.24) is 0 Å². The number of aldehydes is 1. The summed E-state index contributed by atoms with van der Waals surface area (Å²) in [4.78, 5) is 10.5. The number of carbonyl (C=O) groups is 1. The van der Waals surface area contributed by atoms with Crippen molar-refractivity contribution >= 4 is 6.29 Å². The van der Waals surface area contributed by atoms with E-state index >= 15 is 0 Å². The van der Waals surface area contributed by atoms with E-state index in [0.29, 0.717) is 13.0 Å². The van der Waals surface area contributed by atoms with E-state index in [9.17, 15) is 4.79 Å². The van der Waals surface area contributed by atoms with Crippen LogP contribution in [0.2, 0.25) is 0 Å². The second kappa shape index (κ2) is 7.20. The summed E-state index contributed by atoms with van der Waals surface area (Å²) in [6.45, 7) is 2.59. The van der Waals surface area contributed by atoms with Crippen LogP contribution < -0.4 is 0 Å². The van der Waals surface area contributed by atoms with E-state index in [2.05, 4.69) is 0 Å². The van der Waals surface area contributed by atoms with Gasteiger partial charge in [-0.2, -0.15) is 0 Å². The molecule has 3 nitrogen and oxygen atoms in total. The molecule has 0 heterocycles. The van der Waals surface area contributed by atoms with E-state index in [1.165, 1.54) is 5.56 Å². The van der Waals surface area contributed by atoms with Crippen molar-refractivity contribution in [3.8, 4) is 0 Å². The predicted octanol–water partition coefficient (Wildman–Crippen LogP) is 2.71. The zero-order valence-corrected chi connectivity index (χ0v) is 10.7. The van der Waals surface area contributed by atoms with Gasteiger partial charge in [-0.25, -0.2) is 0 Å². The van der Waals surface area contributed by atoms with Gasteiger partial charge in [-0.1, -0.05) is 31.2 Å². The molecule has 0 spiro atoms. The Labute approximate surface area is 103 Å². The van der Waals surface area contributed by atoms with Gasteiger partial charge in [0, 0.05) is 20.6 Å². The Balaban J connectivity index is 2.75. The van der Waals surface area contributed by atoms with Crippen LogP contribution in [-0.4, -0.2) is 27.1 Å². The summed E-state index contributed by atoms with van der Waals surface area (Å²) in [6.07, 6.45) is 1.49. The Kier molecular flexibility index (Phi) is 5.87. The molecule has 0 aliphatic carbocycles. The minimum absolute atomic E-state index is 0.0320. The third kappa shape index (κ3) is 3.95. The number of ether oxygens (including phenoxy) is 2. The number of hydrogen-bond donors (Lipinski definition) is 0. The molecule has 2 unspecified atom stereocenters. The highest BCUT2D eigenvalue weighted by Crippen LogP contribution is 2.22.